The minimum Gasteiger partial charge on any atom is -0.508 e. The first kappa shape index (κ1) is 81.2. The Bertz CT molecular complexity index is 5250. The van der Waals surface area contributed by atoms with E-state index in [0.29, 0.717) is 22.3 Å². The van der Waals surface area contributed by atoms with E-state index in [4.69, 9.17) is 10.2 Å². The number of phenols is 6. The molecule has 19 rings (SSSR count). The highest BCUT2D eigenvalue weighted by Crippen LogP contribution is 2.46. The number of rotatable bonds is 6. The Kier molecular flexibility index (Phi) is 29.7. The Labute approximate surface area is 674 Å². The molecule has 0 spiro atoms. The quantitative estimate of drug-likeness (QED) is 0.0690. The van der Waals surface area contributed by atoms with Crippen LogP contribution < -0.4 is 0 Å². The molecule has 0 amide bonds. The van der Waals surface area contributed by atoms with Gasteiger partial charge in [0, 0.05) is 22.3 Å². The van der Waals surface area contributed by atoms with Gasteiger partial charge in [-0.1, -0.05) is 364 Å². The fourth-order valence-electron chi connectivity index (χ4n) is 12.5. The highest BCUT2D eigenvalue weighted by atomic mass is 16.3. The van der Waals surface area contributed by atoms with Crippen molar-refractivity contribution in [2.45, 2.75) is 0 Å². The zero-order chi connectivity index (χ0) is 81.1. The summed E-state index contributed by atoms with van der Waals surface area (Å²) >= 11 is 0. The fourth-order valence-corrected chi connectivity index (χ4v) is 12.5. The average Bonchev–Trinajstić information content (AvgIpc) is 0.764. The van der Waals surface area contributed by atoms with E-state index in [1.54, 1.807) is 24.3 Å². The van der Waals surface area contributed by atoms with Crippen LogP contribution in [0.4, 0.5) is 0 Å². The van der Waals surface area contributed by atoms with Crippen molar-refractivity contribution >= 4 is 66.2 Å². The molecule has 17 aromatic carbocycles. The van der Waals surface area contributed by atoms with E-state index in [2.05, 4.69) is 194 Å². The Morgan fingerprint density at radius 1 is 0.138 bits per heavy atom. The molecule has 6 N–H and O–H groups in total. The molecule has 0 radical (unpaired) electrons. The molecule has 0 aliphatic heterocycles. The van der Waals surface area contributed by atoms with Crippen molar-refractivity contribution in [3.05, 3.63) is 461 Å². The second kappa shape index (κ2) is 42.4. The van der Waals surface area contributed by atoms with Gasteiger partial charge in [0.05, 0.1) is 0 Å². The van der Waals surface area contributed by atoms with E-state index in [0.717, 1.165) is 43.1 Å². The first-order chi connectivity index (χ1) is 56.7. The number of carbonyl (C=O) groups excluding carboxylic acids is 4. The van der Waals surface area contributed by atoms with Crippen molar-refractivity contribution in [3.63, 3.8) is 0 Å². The lowest BCUT2D eigenvalue weighted by atomic mass is 9.92. The van der Waals surface area contributed by atoms with Gasteiger partial charge in [-0.25, -0.2) is 0 Å². The van der Waals surface area contributed by atoms with Gasteiger partial charge in [-0.3, -0.25) is 19.2 Å². The molecule has 0 unspecified atom stereocenters. The van der Waals surface area contributed by atoms with Crippen molar-refractivity contribution in [2.24, 2.45) is 0 Å². The number of hydrogen-bond acceptors (Lipinski definition) is 10. The number of ketones is 4. The van der Waals surface area contributed by atoms with Crippen LogP contribution in [0, 0.1) is 0 Å². The third kappa shape index (κ3) is 23.6. The zero-order valence-corrected chi connectivity index (χ0v) is 63.2. The lowest BCUT2D eigenvalue weighted by molar-refractivity contribution is -0.113. The van der Waals surface area contributed by atoms with Gasteiger partial charge in [-0.15, -0.1) is 0 Å². The summed E-state index contributed by atoms with van der Waals surface area (Å²) in [6, 6.07) is 135. The number of hydrogen-bond donors (Lipinski definition) is 6. The number of aromatic hydroxyl groups is 6. The molecule has 0 bridgehead atoms. The van der Waals surface area contributed by atoms with Gasteiger partial charge in [0.1, 0.15) is 34.5 Å². The maximum Gasteiger partial charge on any atom is 0.178 e. The Morgan fingerprint density at radius 2 is 0.276 bits per heavy atom. The van der Waals surface area contributed by atoms with Crippen molar-refractivity contribution in [1.82, 2.24) is 0 Å². The number of allylic oxidation sites excluding steroid dienone is 8. The summed E-state index contributed by atoms with van der Waals surface area (Å²) < 4.78 is 0. The summed E-state index contributed by atoms with van der Waals surface area (Å²) in [6.45, 7) is 0. The Balaban J connectivity index is 0.000000132. The lowest BCUT2D eigenvalue weighted by Crippen LogP contribution is -1.97. The third-order valence-corrected chi connectivity index (χ3v) is 18.1. The monoisotopic (exact) mass is 1510 g/mol. The van der Waals surface area contributed by atoms with Crippen LogP contribution in [0.1, 0.15) is 0 Å². The molecule has 10 nitrogen and oxygen atoms in total. The maximum absolute atomic E-state index is 10.4. The van der Waals surface area contributed by atoms with Gasteiger partial charge in [0.25, 0.3) is 0 Å². The van der Waals surface area contributed by atoms with Gasteiger partial charge >= 0.3 is 0 Å². The molecule has 2 aliphatic rings. The molecule has 0 fully saturated rings. The largest absolute Gasteiger partial charge is 0.508 e. The Hall–Kier alpha value is -15.8. The van der Waals surface area contributed by atoms with Crippen molar-refractivity contribution in [1.29, 1.82) is 0 Å². The average molecular weight is 1520 g/mol. The van der Waals surface area contributed by atoms with Crippen LogP contribution in [-0.4, -0.2) is 53.8 Å². The number of benzene rings is 17. The highest BCUT2D eigenvalue weighted by Gasteiger charge is 2.18. The van der Waals surface area contributed by atoms with Crippen molar-refractivity contribution in [2.75, 3.05) is 0 Å². The summed E-state index contributed by atoms with van der Waals surface area (Å²) in [7, 11) is 0. The number of carbonyl (C=O) groups is 4. The lowest BCUT2D eigenvalue weighted by Gasteiger charge is -2.14. The summed E-state index contributed by atoms with van der Waals surface area (Å²) in [5.74, 6) is 0.542. The third-order valence-electron chi connectivity index (χ3n) is 18.1. The van der Waals surface area contributed by atoms with Gasteiger partial charge in [-0.05, 0) is 185 Å². The molecule has 0 heterocycles. The van der Waals surface area contributed by atoms with Gasteiger partial charge in [-0.2, -0.15) is 0 Å². The fraction of sp³-hybridized carbons (Fsp3) is 0. The van der Waals surface area contributed by atoms with Crippen molar-refractivity contribution < 1.29 is 49.8 Å². The molecule has 0 atom stereocenters. The van der Waals surface area contributed by atoms with Crippen LogP contribution in [0.3, 0.4) is 0 Å². The van der Waals surface area contributed by atoms with E-state index >= 15 is 0 Å². The van der Waals surface area contributed by atoms with Gasteiger partial charge in [0.2, 0.25) is 0 Å². The van der Waals surface area contributed by atoms with E-state index in [1.165, 1.54) is 117 Å². The molecule has 566 valence electrons. The SMILES string of the molecule is O=C1C=CC(=O)C=C1.O=C1C=CC(=O)C=C1.Oc1ccc(O)cc1.Oc1ccc2ccccc2c1-c1c(O)ccc2ccccc12.Oc1ccc2ccccc2c1-c1c(O)ccc2ccccc12.c1ccc(-c2ccccc2)cc1.c1ccc(-c2ccccc2)cc1.c1ccc(-c2ccccc2)cc1.c1ccc(-c2ccccc2)cc1. The maximum atomic E-state index is 10.4. The van der Waals surface area contributed by atoms with E-state index in [1.807, 2.05) is 170 Å². The van der Waals surface area contributed by atoms with Crippen LogP contribution in [-0.2, 0) is 19.2 Å². The second-order valence-electron chi connectivity index (χ2n) is 26.1. The first-order valence-electron chi connectivity index (χ1n) is 37.4. The van der Waals surface area contributed by atoms with Crippen LogP contribution in [0.2, 0.25) is 0 Å². The zero-order valence-electron chi connectivity index (χ0n) is 63.2. The summed E-state index contributed by atoms with van der Waals surface area (Å²) in [6.07, 6.45) is 10.0. The molecule has 17 aromatic rings. The normalized spacial score (nSPS) is 11.2. The number of fused-ring (bicyclic) bond motifs is 4. The van der Waals surface area contributed by atoms with Gasteiger partial charge in [0.15, 0.2) is 23.1 Å². The topological polar surface area (TPSA) is 190 Å². The minimum absolute atomic E-state index is 0.121. The molecular formula is C106H82O10. The van der Waals surface area contributed by atoms with E-state index in [9.17, 15) is 39.6 Å². The van der Waals surface area contributed by atoms with Crippen LogP contribution in [0.15, 0.2) is 461 Å². The van der Waals surface area contributed by atoms with E-state index < -0.39 is 0 Å². The molecular weight excluding hydrogens is 1430 g/mol. The summed E-state index contributed by atoms with van der Waals surface area (Å²) in [5, 5.41) is 66.9. The standard InChI is InChI=1S/2C20H14O2.4C12H10.C6H6O2.2C6H4O2/c2*21-17-11-9-13-5-1-3-7-15(13)19(17)20-16-8-4-2-6-14(16)10-12-18(20)22;4*1-3-7-11(8-4-1)12-9-5-2-6-10-12;3*7-5-1-2-6(8)4-3-5/h2*1-12,21-22H;4*1-10H;1-4,7-8H;2*1-4H. The van der Waals surface area contributed by atoms with E-state index in [-0.39, 0.29) is 57.6 Å². The summed E-state index contributed by atoms with van der Waals surface area (Å²) in [4.78, 5) is 41.1. The predicted octanol–water partition coefficient (Wildman–Crippen LogP) is 25.2. The van der Waals surface area contributed by atoms with Crippen LogP contribution in [0.5, 0.6) is 34.5 Å². The molecule has 2 aliphatic carbocycles. The molecule has 0 saturated carbocycles. The predicted molar refractivity (Wildman–Crippen MR) is 474 cm³/mol. The second-order valence-corrected chi connectivity index (χ2v) is 26.1. The molecule has 10 heteroatoms. The molecule has 0 aromatic heterocycles. The van der Waals surface area contributed by atoms with Gasteiger partial charge < -0.3 is 30.6 Å². The van der Waals surface area contributed by atoms with Crippen LogP contribution >= 0.6 is 0 Å². The van der Waals surface area contributed by atoms with Crippen molar-refractivity contribution in [3.8, 4) is 101 Å². The van der Waals surface area contributed by atoms with Crippen LogP contribution in [0.25, 0.3) is 110 Å². The Morgan fingerprint density at radius 3 is 0.431 bits per heavy atom. The summed E-state index contributed by atoms with van der Waals surface area (Å²) in [5.41, 5.74) is 12.9. The number of phenolic OH excluding ortho intramolecular Hbond substituents is 6. The smallest absolute Gasteiger partial charge is 0.178 e. The molecule has 0 saturated heterocycles. The molecule has 116 heavy (non-hydrogen) atoms. The highest BCUT2D eigenvalue weighted by molar-refractivity contribution is 6.15. The first-order valence-corrected chi connectivity index (χ1v) is 37.4. The minimum atomic E-state index is -0.121.